The highest BCUT2D eigenvalue weighted by molar-refractivity contribution is 5.93. The van der Waals surface area contributed by atoms with Gasteiger partial charge in [0.2, 0.25) is 0 Å². The fourth-order valence-corrected chi connectivity index (χ4v) is 4.32. The van der Waals surface area contributed by atoms with Gasteiger partial charge < -0.3 is 25.1 Å². The van der Waals surface area contributed by atoms with Crippen LogP contribution in [0.1, 0.15) is 53.4 Å². The number of nitrogens with zero attached hydrogens (tertiary/aromatic N) is 1. The molecule has 1 atom stereocenters. The van der Waals surface area contributed by atoms with E-state index in [2.05, 4.69) is 40.8 Å². The number of halogens is 1. The summed E-state index contributed by atoms with van der Waals surface area (Å²) < 4.78 is 2.17. The monoisotopic (exact) mass is 431 g/mol. The van der Waals surface area contributed by atoms with Crippen LogP contribution < -0.4 is 10.9 Å². The molecule has 0 radical (unpaired) electrons. The second kappa shape index (κ2) is 8.16. The van der Waals surface area contributed by atoms with E-state index < -0.39 is 22.8 Å². The van der Waals surface area contributed by atoms with Crippen molar-refractivity contribution in [3.63, 3.8) is 0 Å². The number of carboxylic acids is 1. The quantitative estimate of drug-likeness (QED) is 0.505. The van der Waals surface area contributed by atoms with E-state index in [1.165, 1.54) is 0 Å². The summed E-state index contributed by atoms with van der Waals surface area (Å²) in [6.45, 7) is 5.83. The van der Waals surface area contributed by atoms with Crippen molar-refractivity contribution in [1.82, 2.24) is 14.9 Å². The first kappa shape index (κ1) is 21.9. The second-order valence-corrected chi connectivity index (χ2v) is 7.75. The molecule has 0 saturated heterocycles. The molecule has 0 aliphatic heterocycles. The highest BCUT2D eigenvalue weighted by Gasteiger charge is 2.28. The number of H-pyrrole nitrogens is 1. The second-order valence-electron chi connectivity index (χ2n) is 7.75. The molecule has 2 heterocycles. The molecule has 0 spiro atoms. The topological polar surface area (TPSA) is 107 Å². The van der Waals surface area contributed by atoms with Crippen molar-refractivity contribution in [2.45, 2.75) is 39.2 Å². The van der Waals surface area contributed by atoms with Crippen LogP contribution in [0.4, 0.5) is 0 Å². The number of rotatable bonds is 4. The zero-order valence-electron chi connectivity index (χ0n) is 17.2. The number of nitrogens with one attached hydrogen (secondary N) is 2. The Hall–Kier alpha value is -2.77. The van der Waals surface area contributed by atoms with Gasteiger partial charge in [0, 0.05) is 41.3 Å². The lowest BCUT2D eigenvalue weighted by atomic mass is 9.92. The number of aromatic amines is 1. The molecule has 1 unspecified atom stereocenters. The smallest absolute Gasteiger partial charge is 0.345 e. The van der Waals surface area contributed by atoms with Crippen LogP contribution in [0.2, 0.25) is 0 Å². The third-order valence-corrected chi connectivity index (χ3v) is 6.00. The highest BCUT2D eigenvalue weighted by Crippen LogP contribution is 2.42. The summed E-state index contributed by atoms with van der Waals surface area (Å²) in [5, 5.41) is 24.3. The van der Waals surface area contributed by atoms with Crippen molar-refractivity contribution in [2.75, 3.05) is 6.54 Å². The molecular weight excluding hydrogens is 406 g/mol. The minimum atomic E-state index is -1.42. The number of aryl methyl sites for hydroxylation is 1. The number of aromatic carboxylic acids is 1. The van der Waals surface area contributed by atoms with Crippen LogP contribution >= 0.6 is 12.4 Å². The minimum Gasteiger partial charge on any atom is -0.506 e. The van der Waals surface area contributed by atoms with Gasteiger partial charge in [-0.15, -0.1) is 12.4 Å². The fraction of sp³-hybridized carbons (Fsp3) is 0.364. The van der Waals surface area contributed by atoms with Crippen LogP contribution in [0.25, 0.3) is 22.2 Å². The van der Waals surface area contributed by atoms with Gasteiger partial charge in [0.25, 0.3) is 5.56 Å². The molecule has 1 aliphatic rings. The first-order valence-electron chi connectivity index (χ1n) is 9.88. The normalized spacial score (nSPS) is 15.2. The number of pyridine rings is 1. The summed E-state index contributed by atoms with van der Waals surface area (Å²) in [5.41, 5.74) is 3.86. The predicted molar refractivity (Wildman–Crippen MR) is 119 cm³/mol. The molecule has 3 aromatic rings. The van der Waals surface area contributed by atoms with Crippen molar-refractivity contribution in [2.24, 2.45) is 7.05 Å². The third-order valence-electron chi connectivity index (χ3n) is 6.00. The number of aromatic hydroxyl groups is 1. The van der Waals surface area contributed by atoms with Gasteiger partial charge >= 0.3 is 5.97 Å². The molecule has 1 aliphatic carbocycles. The van der Waals surface area contributed by atoms with Gasteiger partial charge in [-0.25, -0.2) is 4.79 Å². The standard InChI is InChI=1S/C22H25N3O4.ClH/c1-4-23-10-13-7-12-8-16-15(9-17(12)25(13)3)11(2)5-6-14-19(16)24-21(27)18(20(14)26)22(28)29;/h7-9,11,23H,4-6,10H2,1-3H3,(H,28,29)(H2,24,26,27);1H. The maximum Gasteiger partial charge on any atom is 0.345 e. The Kier molecular flexibility index (Phi) is 5.97. The van der Waals surface area contributed by atoms with Gasteiger partial charge in [0.05, 0.1) is 5.69 Å². The van der Waals surface area contributed by atoms with Crippen molar-refractivity contribution in [3.8, 4) is 17.0 Å². The van der Waals surface area contributed by atoms with Gasteiger partial charge in [-0.1, -0.05) is 13.8 Å². The summed E-state index contributed by atoms with van der Waals surface area (Å²) in [6, 6.07) is 6.31. The maximum absolute atomic E-state index is 12.4. The number of hydrogen-bond acceptors (Lipinski definition) is 4. The molecule has 8 heteroatoms. The number of aromatic nitrogens is 2. The summed E-state index contributed by atoms with van der Waals surface area (Å²) in [5.74, 6) is -1.64. The van der Waals surface area contributed by atoms with E-state index in [1.807, 2.05) is 13.1 Å². The van der Waals surface area contributed by atoms with E-state index in [9.17, 15) is 19.8 Å². The number of carbonyl (C=O) groups is 1. The van der Waals surface area contributed by atoms with Gasteiger partial charge in [-0.2, -0.15) is 0 Å². The number of carboxylic acid groups (broad SMARTS) is 1. The zero-order chi connectivity index (χ0) is 20.9. The molecule has 4 N–H and O–H groups in total. The Morgan fingerprint density at radius 1 is 1.33 bits per heavy atom. The first-order valence-corrected chi connectivity index (χ1v) is 9.88. The molecule has 1 aromatic carbocycles. The number of benzene rings is 1. The Bertz CT molecular complexity index is 1200. The summed E-state index contributed by atoms with van der Waals surface area (Å²) in [7, 11) is 2.05. The van der Waals surface area contributed by atoms with Crippen molar-refractivity contribution >= 4 is 29.3 Å². The van der Waals surface area contributed by atoms with E-state index in [0.29, 0.717) is 17.7 Å². The van der Waals surface area contributed by atoms with Crippen molar-refractivity contribution in [3.05, 3.63) is 50.9 Å². The van der Waals surface area contributed by atoms with E-state index >= 15 is 0 Å². The van der Waals surface area contributed by atoms with E-state index in [-0.39, 0.29) is 18.3 Å². The molecule has 7 nitrogen and oxygen atoms in total. The summed E-state index contributed by atoms with van der Waals surface area (Å²) in [6.07, 6.45) is 1.24. The first-order chi connectivity index (χ1) is 13.8. The molecule has 4 rings (SSSR count). The van der Waals surface area contributed by atoms with Crippen molar-refractivity contribution < 1.29 is 15.0 Å². The average Bonchev–Trinajstić information content (AvgIpc) is 2.91. The molecule has 0 saturated carbocycles. The number of hydrogen-bond donors (Lipinski definition) is 4. The molecule has 2 aromatic heterocycles. The molecule has 160 valence electrons. The van der Waals surface area contributed by atoms with Crippen molar-refractivity contribution in [1.29, 1.82) is 0 Å². The SMILES string of the molecule is CCNCc1cc2cc3c(cc2n1C)C(C)CCc1c-3[nH]c(=O)c(C(=O)O)c1O.Cl. The van der Waals surface area contributed by atoms with E-state index in [4.69, 9.17) is 0 Å². The van der Waals surface area contributed by atoms with Crippen LogP contribution in [-0.2, 0) is 20.0 Å². The van der Waals surface area contributed by atoms with Crippen LogP contribution in [0, 0.1) is 0 Å². The largest absolute Gasteiger partial charge is 0.506 e. The fourth-order valence-electron chi connectivity index (χ4n) is 4.32. The molecular formula is C22H26ClN3O4. The van der Waals surface area contributed by atoms with Gasteiger partial charge in [-0.05, 0) is 49.1 Å². The lowest BCUT2D eigenvalue weighted by molar-refractivity contribution is 0.0691. The Morgan fingerprint density at radius 2 is 2.07 bits per heavy atom. The summed E-state index contributed by atoms with van der Waals surface area (Å²) in [4.78, 5) is 26.6. The number of fused-ring (bicyclic) bond motifs is 4. The van der Waals surface area contributed by atoms with Gasteiger partial charge in [-0.3, -0.25) is 4.79 Å². The Balaban J connectivity index is 0.00000256. The highest BCUT2D eigenvalue weighted by atomic mass is 35.5. The van der Waals surface area contributed by atoms with Gasteiger partial charge in [0.1, 0.15) is 5.75 Å². The minimum absolute atomic E-state index is 0. The van der Waals surface area contributed by atoms with Crippen LogP contribution in [0.3, 0.4) is 0 Å². The molecule has 0 amide bonds. The van der Waals surface area contributed by atoms with E-state index in [1.54, 1.807) is 0 Å². The third kappa shape index (κ3) is 3.38. The van der Waals surface area contributed by atoms with Gasteiger partial charge in [0.15, 0.2) is 5.56 Å². The Morgan fingerprint density at radius 3 is 2.73 bits per heavy atom. The lowest BCUT2D eigenvalue weighted by Gasteiger charge is -2.15. The molecule has 0 fully saturated rings. The maximum atomic E-state index is 12.4. The Labute approximate surface area is 180 Å². The summed E-state index contributed by atoms with van der Waals surface area (Å²) >= 11 is 0. The van der Waals surface area contributed by atoms with Crippen LogP contribution in [0.15, 0.2) is 23.0 Å². The predicted octanol–water partition coefficient (Wildman–Crippen LogP) is 3.52. The van der Waals surface area contributed by atoms with Crippen LogP contribution in [0.5, 0.6) is 5.75 Å². The molecule has 30 heavy (non-hydrogen) atoms. The van der Waals surface area contributed by atoms with E-state index in [0.717, 1.165) is 47.2 Å². The zero-order valence-corrected chi connectivity index (χ0v) is 18.0. The molecule has 0 bridgehead atoms. The van der Waals surface area contributed by atoms with Crippen LogP contribution in [-0.4, -0.2) is 32.3 Å². The average molecular weight is 432 g/mol. The lowest BCUT2D eigenvalue weighted by Crippen LogP contribution is -2.20.